The van der Waals surface area contributed by atoms with Gasteiger partial charge in [-0.05, 0) is 132 Å². The van der Waals surface area contributed by atoms with Crippen LogP contribution in [0.1, 0.15) is 57.3 Å². The lowest BCUT2D eigenvalue weighted by Crippen LogP contribution is -2.35. The van der Waals surface area contributed by atoms with Crippen molar-refractivity contribution < 1.29 is 16.8 Å². The molecule has 228 valence electrons. The minimum Gasteiger partial charge on any atom is -0.306 e. The molecule has 0 amide bonds. The molecule has 9 heteroatoms. The van der Waals surface area contributed by atoms with Crippen molar-refractivity contribution in [1.29, 1.82) is 0 Å². The van der Waals surface area contributed by atoms with Crippen LogP contribution in [-0.4, -0.2) is 63.6 Å². The molecule has 3 aromatic carbocycles. The summed E-state index contributed by atoms with van der Waals surface area (Å²) in [5, 5.41) is 0. The van der Waals surface area contributed by atoms with E-state index < -0.39 is 20.0 Å². The molecule has 0 N–H and O–H groups in total. The van der Waals surface area contributed by atoms with Gasteiger partial charge in [-0.15, -0.1) is 0 Å². The Bertz CT molecular complexity index is 1480. The molecule has 0 unspecified atom stereocenters. The minimum atomic E-state index is -3.72. The van der Waals surface area contributed by atoms with Crippen molar-refractivity contribution in [1.82, 2.24) is 13.5 Å². The number of fused-ring (bicyclic) bond motifs is 12. The number of rotatable bonds is 4. The molecule has 42 heavy (non-hydrogen) atoms. The van der Waals surface area contributed by atoms with E-state index in [-0.39, 0.29) is 13.1 Å². The second kappa shape index (κ2) is 13.0. The van der Waals surface area contributed by atoms with Gasteiger partial charge in [0.1, 0.15) is 0 Å². The molecular formula is C33H45N3O4S2. The first-order chi connectivity index (χ1) is 19.7. The monoisotopic (exact) mass is 611 g/mol. The third-order valence-corrected chi connectivity index (χ3v) is 12.5. The fourth-order valence-electron chi connectivity index (χ4n) is 5.73. The quantitative estimate of drug-likeness (QED) is 0.381. The summed E-state index contributed by atoms with van der Waals surface area (Å²) >= 11 is 0. The van der Waals surface area contributed by atoms with Crippen molar-refractivity contribution in [2.75, 3.05) is 33.2 Å². The lowest BCUT2D eigenvalue weighted by atomic mass is 9.88. The predicted octanol–water partition coefficient (Wildman–Crippen LogP) is 5.64. The van der Waals surface area contributed by atoms with Crippen LogP contribution in [-0.2, 0) is 33.1 Å². The van der Waals surface area contributed by atoms with E-state index in [1.54, 1.807) is 32.9 Å². The lowest BCUT2D eigenvalue weighted by molar-refractivity contribution is 0.288. The summed E-state index contributed by atoms with van der Waals surface area (Å²) < 4.78 is 58.9. The predicted molar refractivity (Wildman–Crippen MR) is 170 cm³/mol. The summed E-state index contributed by atoms with van der Waals surface area (Å²) in [5.41, 5.74) is 8.04. The molecular weight excluding hydrogens is 567 g/mol. The van der Waals surface area contributed by atoms with Crippen molar-refractivity contribution in [2.45, 2.75) is 77.3 Å². The molecule has 0 saturated carbocycles. The normalized spacial score (nSPS) is 17.2. The highest BCUT2D eigenvalue weighted by molar-refractivity contribution is 7.89. The highest BCUT2D eigenvalue weighted by Crippen LogP contribution is 2.32. The highest BCUT2D eigenvalue weighted by atomic mass is 32.2. The molecule has 2 aliphatic heterocycles. The standard InChI is InChI=1S/C33H45N3O4S2/c1-24-10-14-30(15-11-24)41(37,38)35-20-8-18-34(7)19-9-21-36(42(39,40)31-16-12-25(2)13-17-31)23-33-28(5)26(3)32(22-35)27(4)29(33)6/h10-17H,8-9,18-23H2,1-7H3. The lowest BCUT2D eigenvalue weighted by Gasteiger charge is -2.28. The summed E-state index contributed by atoms with van der Waals surface area (Å²) in [6.07, 6.45) is 1.34. The number of sulfonamides is 2. The average Bonchev–Trinajstić information content (AvgIpc) is 2.95. The first-order valence-corrected chi connectivity index (χ1v) is 17.5. The molecule has 3 aromatic rings. The number of nitrogens with zero attached hydrogens (tertiary/aromatic N) is 3. The zero-order chi connectivity index (χ0) is 30.8. The smallest absolute Gasteiger partial charge is 0.243 e. The molecule has 5 rings (SSSR count). The second-order valence-electron chi connectivity index (χ2n) is 11.8. The van der Waals surface area contributed by atoms with Gasteiger partial charge in [-0.2, -0.15) is 8.61 Å². The Hall–Kier alpha value is -2.56. The van der Waals surface area contributed by atoms with E-state index in [2.05, 4.69) is 4.90 Å². The topological polar surface area (TPSA) is 78.0 Å². The Labute approximate surface area is 253 Å². The van der Waals surface area contributed by atoms with Gasteiger partial charge in [0, 0.05) is 26.2 Å². The Balaban J connectivity index is 1.80. The van der Waals surface area contributed by atoms with Crippen LogP contribution in [0, 0.1) is 41.5 Å². The Morgan fingerprint density at radius 1 is 0.500 bits per heavy atom. The van der Waals surface area contributed by atoms with Gasteiger partial charge < -0.3 is 4.90 Å². The largest absolute Gasteiger partial charge is 0.306 e. The van der Waals surface area contributed by atoms with Gasteiger partial charge in [-0.25, -0.2) is 16.8 Å². The maximum atomic E-state index is 13.9. The van der Waals surface area contributed by atoms with Gasteiger partial charge in [0.2, 0.25) is 20.0 Å². The molecule has 0 spiro atoms. The molecule has 0 saturated heterocycles. The number of aryl methyl sites for hydroxylation is 2. The van der Waals surface area contributed by atoms with Crippen molar-refractivity contribution in [3.8, 4) is 0 Å². The molecule has 0 fully saturated rings. The van der Waals surface area contributed by atoms with Crippen molar-refractivity contribution in [2.24, 2.45) is 0 Å². The maximum absolute atomic E-state index is 13.9. The van der Waals surface area contributed by atoms with E-state index in [1.807, 2.05) is 72.9 Å². The maximum Gasteiger partial charge on any atom is 0.243 e. The van der Waals surface area contributed by atoms with Crippen LogP contribution >= 0.6 is 0 Å². The highest BCUT2D eigenvalue weighted by Gasteiger charge is 2.30. The van der Waals surface area contributed by atoms with Crippen LogP contribution in [0.2, 0.25) is 0 Å². The fraction of sp³-hybridized carbons (Fsp3) is 0.455. The van der Waals surface area contributed by atoms with E-state index in [0.717, 1.165) is 44.5 Å². The zero-order valence-corrected chi connectivity index (χ0v) is 27.7. The average molecular weight is 612 g/mol. The zero-order valence-electron chi connectivity index (χ0n) is 26.1. The first kappa shape index (κ1) is 32.4. The SMILES string of the molecule is Cc1ccc(S(=O)(=O)N2CCCN(C)CCCN(S(=O)(=O)c3ccc(C)cc3)Cc3c(C)c(C)c(c(C)c3C)C2)cc1. The number of benzene rings is 3. The first-order valence-electron chi connectivity index (χ1n) is 14.6. The summed E-state index contributed by atoms with van der Waals surface area (Å²) in [6.45, 7) is 14.8. The summed E-state index contributed by atoms with van der Waals surface area (Å²) in [4.78, 5) is 2.76. The van der Waals surface area contributed by atoms with Crippen LogP contribution in [0.4, 0.5) is 0 Å². The summed E-state index contributed by atoms with van der Waals surface area (Å²) in [5.74, 6) is 0. The Kier molecular flexibility index (Phi) is 10.00. The van der Waals surface area contributed by atoms with Crippen LogP contribution in [0.5, 0.6) is 0 Å². The van der Waals surface area contributed by atoms with E-state index in [4.69, 9.17) is 0 Å². The molecule has 7 nitrogen and oxygen atoms in total. The van der Waals surface area contributed by atoms with Gasteiger partial charge in [0.05, 0.1) is 9.79 Å². The van der Waals surface area contributed by atoms with Gasteiger partial charge in [-0.1, -0.05) is 35.4 Å². The number of hydrogen-bond acceptors (Lipinski definition) is 5. The van der Waals surface area contributed by atoms with Gasteiger partial charge in [0.15, 0.2) is 0 Å². The molecule has 0 aliphatic carbocycles. The van der Waals surface area contributed by atoms with E-state index in [1.165, 1.54) is 0 Å². The van der Waals surface area contributed by atoms with Crippen LogP contribution in [0.25, 0.3) is 0 Å². The minimum absolute atomic E-state index is 0.269. The molecule has 0 atom stereocenters. The Morgan fingerprint density at radius 2 is 0.810 bits per heavy atom. The summed E-state index contributed by atoms with van der Waals surface area (Å²) in [6, 6.07) is 14.1. The number of hydrogen-bond donors (Lipinski definition) is 0. The van der Waals surface area contributed by atoms with E-state index in [0.29, 0.717) is 48.8 Å². The van der Waals surface area contributed by atoms with Crippen molar-refractivity contribution in [3.63, 3.8) is 0 Å². The fourth-order valence-corrected chi connectivity index (χ4v) is 8.62. The molecule has 0 radical (unpaired) electrons. The van der Waals surface area contributed by atoms with Crippen LogP contribution < -0.4 is 0 Å². The van der Waals surface area contributed by atoms with Crippen molar-refractivity contribution in [3.05, 3.63) is 93.0 Å². The molecule has 2 aliphatic rings. The van der Waals surface area contributed by atoms with Gasteiger partial charge in [0.25, 0.3) is 0 Å². The summed E-state index contributed by atoms with van der Waals surface area (Å²) in [7, 11) is -5.44. The van der Waals surface area contributed by atoms with Gasteiger partial charge in [-0.3, -0.25) is 0 Å². The van der Waals surface area contributed by atoms with Crippen LogP contribution in [0.15, 0.2) is 58.3 Å². The third-order valence-electron chi connectivity index (χ3n) is 8.82. The van der Waals surface area contributed by atoms with Gasteiger partial charge >= 0.3 is 0 Å². The van der Waals surface area contributed by atoms with Crippen molar-refractivity contribution >= 4 is 20.0 Å². The molecule has 0 aromatic heterocycles. The third kappa shape index (κ3) is 6.81. The second-order valence-corrected chi connectivity index (χ2v) is 15.6. The Morgan fingerprint density at radius 3 is 1.12 bits per heavy atom. The van der Waals surface area contributed by atoms with E-state index in [9.17, 15) is 16.8 Å². The molecule has 2 bridgehead atoms. The molecule has 2 heterocycles. The van der Waals surface area contributed by atoms with E-state index >= 15 is 0 Å². The van der Waals surface area contributed by atoms with Crippen LogP contribution in [0.3, 0.4) is 0 Å².